The third kappa shape index (κ3) is 5.12. The van der Waals surface area contributed by atoms with Crippen molar-refractivity contribution in [2.45, 2.75) is 108 Å². The van der Waals surface area contributed by atoms with E-state index in [9.17, 15) is 24.8 Å². The van der Waals surface area contributed by atoms with Crippen LogP contribution in [0.5, 0.6) is 11.5 Å². The number of hydrogen-bond donors (Lipinski definition) is 3. The number of hydrogen-bond acceptors (Lipinski definition) is 6. The van der Waals surface area contributed by atoms with Gasteiger partial charge >= 0.3 is 5.97 Å². The molecule has 2 amide bonds. The molecule has 0 saturated heterocycles. The first kappa shape index (κ1) is 29.4. The Labute approximate surface area is 259 Å². The van der Waals surface area contributed by atoms with E-state index in [-0.39, 0.29) is 64.1 Å². The lowest BCUT2D eigenvalue weighted by Gasteiger charge is -2.57. The molecule has 1 aromatic carbocycles. The number of carboxylic acids is 1. The van der Waals surface area contributed by atoms with Gasteiger partial charge in [0.15, 0.2) is 0 Å². The largest absolute Gasteiger partial charge is 0.496 e. The lowest BCUT2D eigenvalue weighted by atomic mass is 9.53. The molecule has 3 N–H and O–H groups in total. The second-order valence-corrected chi connectivity index (χ2v) is 15.4. The molecule has 0 spiro atoms. The molecule has 4 atom stereocenters. The molecule has 7 saturated carbocycles. The summed E-state index contributed by atoms with van der Waals surface area (Å²) < 4.78 is 11.8. The molecule has 7 aliphatic carbocycles. The van der Waals surface area contributed by atoms with Crippen molar-refractivity contribution in [1.82, 2.24) is 10.6 Å². The predicted molar refractivity (Wildman–Crippen MR) is 161 cm³/mol. The highest BCUT2D eigenvalue weighted by Gasteiger charge is 2.55. The van der Waals surface area contributed by atoms with Crippen LogP contribution >= 0.6 is 0 Å². The molecule has 0 aliphatic heterocycles. The number of carbonyl (C=O) groups excluding carboxylic acids is 2. The van der Waals surface area contributed by atoms with E-state index in [1.807, 2.05) is 0 Å². The molecule has 9 heteroatoms. The Morgan fingerprint density at radius 2 is 1.57 bits per heavy atom. The van der Waals surface area contributed by atoms with Crippen LogP contribution in [0.15, 0.2) is 12.1 Å². The van der Waals surface area contributed by atoms with Crippen LogP contribution < -0.4 is 20.1 Å². The Hall–Kier alpha value is -3.28. The van der Waals surface area contributed by atoms with E-state index in [1.165, 1.54) is 32.4 Å². The number of nitrogens with one attached hydrogen (secondary N) is 2. The molecular weight excluding hydrogens is 558 g/mol. The maximum atomic E-state index is 14.0. The molecule has 0 unspecified atom stereocenters. The van der Waals surface area contributed by atoms with Crippen molar-refractivity contribution < 1.29 is 29.0 Å². The molecule has 6 bridgehead atoms. The number of ether oxygens (including phenoxy) is 2. The molecular formula is C35H45N3O6. The van der Waals surface area contributed by atoms with E-state index in [4.69, 9.17) is 9.47 Å². The van der Waals surface area contributed by atoms with E-state index < -0.39 is 11.4 Å². The fourth-order valence-corrected chi connectivity index (χ4v) is 10.5. The SMILES string of the molecule is COc1cc(C#N)c(O[C@H]2CC[C@@](C)(C(=O)O)CC2)cc1C(=O)N[C@@H]1[C@H]2CC[C@H](C2)[C@@H]1C(=O)NC12CC3C[C@H](C1)C[C@H](C3)C2. The van der Waals surface area contributed by atoms with E-state index in [2.05, 4.69) is 16.7 Å². The number of methoxy groups -OCH3 is 1. The van der Waals surface area contributed by atoms with Gasteiger partial charge in [-0.1, -0.05) is 0 Å². The maximum absolute atomic E-state index is 14.0. The van der Waals surface area contributed by atoms with E-state index in [0.29, 0.717) is 31.4 Å². The number of amides is 2. The van der Waals surface area contributed by atoms with Crippen molar-refractivity contribution in [3.63, 3.8) is 0 Å². The molecule has 8 rings (SSSR count). The Morgan fingerprint density at radius 3 is 2.16 bits per heavy atom. The first-order chi connectivity index (χ1) is 21.1. The van der Waals surface area contributed by atoms with Gasteiger partial charge in [0.25, 0.3) is 5.91 Å². The second kappa shape index (κ2) is 11.0. The third-order valence-corrected chi connectivity index (χ3v) is 12.5. The summed E-state index contributed by atoms with van der Waals surface area (Å²) in [5, 5.41) is 26.3. The van der Waals surface area contributed by atoms with Crippen molar-refractivity contribution in [2.24, 2.45) is 40.9 Å². The highest BCUT2D eigenvalue weighted by Crippen LogP contribution is 2.56. The van der Waals surface area contributed by atoms with Gasteiger partial charge in [-0.15, -0.1) is 0 Å². The van der Waals surface area contributed by atoms with Gasteiger partial charge in [0.1, 0.15) is 17.6 Å². The summed E-state index contributed by atoms with van der Waals surface area (Å²) in [6.07, 6.45) is 12.1. The normalized spacial score (nSPS) is 39.8. The monoisotopic (exact) mass is 603 g/mol. The number of rotatable bonds is 8. The second-order valence-electron chi connectivity index (χ2n) is 15.4. The summed E-state index contributed by atoms with van der Waals surface area (Å²) in [7, 11) is 1.47. The molecule has 236 valence electrons. The van der Waals surface area contributed by atoms with Gasteiger partial charge in [-0.3, -0.25) is 14.4 Å². The molecule has 9 nitrogen and oxygen atoms in total. The maximum Gasteiger partial charge on any atom is 0.309 e. The van der Waals surface area contributed by atoms with E-state index >= 15 is 0 Å². The highest BCUT2D eigenvalue weighted by molar-refractivity contribution is 5.98. The van der Waals surface area contributed by atoms with Gasteiger partial charge in [-0.05, 0) is 126 Å². The summed E-state index contributed by atoms with van der Waals surface area (Å²) in [6, 6.07) is 5.03. The zero-order valence-corrected chi connectivity index (χ0v) is 25.9. The molecule has 1 aromatic rings. The predicted octanol–water partition coefficient (Wildman–Crippen LogP) is 5.21. The van der Waals surface area contributed by atoms with Gasteiger partial charge < -0.3 is 25.2 Å². The summed E-state index contributed by atoms with van der Waals surface area (Å²) >= 11 is 0. The highest BCUT2D eigenvalue weighted by atomic mass is 16.5. The first-order valence-corrected chi connectivity index (χ1v) is 16.7. The number of aliphatic carboxylic acids is 1. The number of carbonyl (C=O) groups is 3. The average molecular weight is 604 g/mol. The Kier molecular flexibility index (Phi) is 7.33. The number of carboxylic acid groups (broad SMARTS) is 1. The fourth-order valence-electron chi connectivity index (χ4n) is 10.5. The van der Waals surface area contributed by atoms with Gasteiger partial charge in [0.2, 0.25) is 5.91 Å². The first-order valence-electron chi connectivity index (χ1n) is 16.7. The molecule has 0 aromatic heterocycles. The molecule has 44 heavy (non-hydrogen) atoms. The lowest BCUT2D eigenvalue weighted by Crippen LogP contribution is -2.62. The van der Waals surface area contributed by atoms with Crippen LogP contribution in [-0.2, 0) is 9.59 Å². The Morgan fingerprint density at radius 1 is 0.932 bits per heavy atom. The smallest absolute Gasteiger partial charge is 0.309 e. The van der Waals surface area contributed by atoms with E-state index in [0.717, 1.165) is 56.3 Å². The standard InChI is InChI=1S/C35H45N3O6/c1-34(33(41)42)7-5-25(6-8-34)44-27-14-26(28(43-2)13-24(27)18-36)31(39)37-30-23-4-3-22(12-23)29(30)32(40)38-35-15-19-9-20(16-35)11-21(10-19)17-35/h13-14,19-23,25,29-30H,3-12,15-17H2,1-2H3,(H,37,39)(H,38,40)(H,41,42)/t19-,20-,21?,22-,23+,25-,29+,30-,34+,35?/m1/s1. The fraction of sp³-hybridized carbons (Fsp3) is 0.714. The zero-order chi connectivity index (χ0) is 30.8. The molecule has 0 radical (unpaired) electrons. The van der Waals surface area contributed by atoms with Crippen LogP contribution in [0, 0.1) is 52.3 Å². The van der Waals surface area contributed by atoms with Crippen LogP contribution in [0.25, 0.3) is 0 Å². The van der Waals surface area contributed by atoms with Crippen LogP contribution in [0.1, 0.15) is 106 Å². The van der Waals surface area contributed by atoms with E-state index in [1.54, 1.807) is 13.0 Å². The van der Waals surface area contributed by atoms with Gasteiger partial charge in [-0.25, -0.2) is 0 Å². The van der Waals surface area contributed by atoms with Crippen LogP contribution in [0.2, 0.25) is 0 Å². The summed E-state index contributed by atoms with van der Waals surface area (Å²) in [5.41, 5.74) is -0.304. The number of benzene rings is 1. The van der Waals surface area contributed by atoms with Crippen molar-refractivity contribution in [3.8, 4) is 17.6 Å². The van der Waals surface area contributed by atoms with Crippen molar-refractivity contribution in [1.29, 1.82) is 5.26 Å². The topological polar surface area (TPSA) is 138 Å². The Bertz CT molecular complexity index is 1360. The number of nitrogens with zero attached hydrogens (tertiary/aromatic N) is 1. The zero-order valence-electron chi connectivity index (χ0n) is 25.9. The Balaban J connectivity index is 1.08. The minimum Gasteiger partial charge on any atom is -0.496 e. The number of nitriles is 1. The average Bonchev–Trinajstić information content (AvgIpc) is 3.59. The van der Waals surface area contributed by atoms with Crippen molar-refractivity contribution in [2.75, 3.05) is 7.11 Å². The molecule has 7 fully saturated rings. The summed E-state index contributed by atoms with van der Waals surface area (Å²) in [6.45, 7) is 1.76. The van der Waals surface area contributed by atoms with Crippen LogP contribution in [0.3, 0.4) is 0 Å². The van der Waals surface area contributed by atoms with Crippen LogP contribution in [-0.4, -0.2) is 47.7 Å². The summed E-state index contributed by atoms with van der Waals surface area (Å²) in [4.78, 5) is 39.6. The molecule has 0 heterocycles. The van der Waals surface area contributed by atoms with Gasteiger partial charge in [0, 0.05) is 17.6 Å². The molecule has 7 aliphatic rings. The minimum absolute atomic E-state index is 0.0637. The van der Waals surface area contributed by atoms with Gasteiger partial charge in [0.05, 0.1) is 35.7 Å². The van der Waals surface area contributed by atoms with Crippen LogP contribution in [0.4, 0.5) is 0 Å². The quantitative estimate of drug-likeness (QED) is 0.371. The number of fused-ring (bicyclic) bond motifs is 2. The summed E-state index contributed by atoms with van der Waals surface area (Å²) in [5.74, 6) is 2.10. The van der Waals surface area contributed by atoms with Crippen molar-refractivity contribution in [3.05, 3.63) is 23.3 Å². The van der Waals surface area contributed by atoms with Gasteiger partial charge in [-0.2, -0.15) is 5.26 Å². The lowest BCUT2D eigenvalue weighted by molar-refractivity contribution is -0.150. The minimum atomic E-state index is -0.803. The van der Waals surface area contributed by atoms with Crippen molar-refractivity contribution >= 4 is 17.8 Å². The third-order valence-electron chi connectivity index (χ3n) is 12.5.